The molecule has 7 heteroatoms. The standard InChI is InChI=1S/C13H8Cl2N2O3/c14-8-4-9(15)12(16-5-8)17-13(18)7-1-2-10-11(3-7)20-6-19-10/h1-5H,6H2,(H,16,17,18). The summed E-state index contributed by atoms with van der Waals surface area (Å²) in [7, 11) is 0. The normalized spacial score (nSPS) is 12.3. The molecule has 0 saturated heterocycles. The molecule has 1 N–H and O–H groups in total. The summed E-state index contributed by atoms with van der Waals surface area (Å²) in [5.74, 6) is 1.05. The molecule has 2 heterocycles. The summed E-state index contributed by atoms with van der Waals surface area (Å²) in [5, 5.41) is 3.28. The third kappa shape index (κ3) is 2.50. The number of benzene rings is 1. The first-order valence-electron chi connectivity index (χ1n) is 5.65. The quantitative estimate of drug-likeness (QED) is 0.924. The minimum atomic E-state index is -0.347. The van der Waals surface area contributed by atoms with Gasteiger partial charge in [-0.15, -0.1) is 0 Å². The molecule has 2 aromatic rings. The van der Waals surface area contributed by atoms with Crippen molar-refractivity contribution in [2.45, 2.75) is 0 Å². The molecule has 3 rings (SSSR count). The molecule has 0 spiro atoms. The van der Waals surface area contributed by atoms with E-state index in [1.807, 2.05) is 0 Å². The Labute approximate surface area is 124 Å². The molecular weight excluding hydrogens is 303 g/mol. The van der Waals surface area contributed by atoms with Gasteiger partial charge in [-0.05, 0) is 24.3 Å². The van der Waals surface area contributed by atoms with E-state index in [2.05, 4.69) is 10.3 Å². The van der Waals surface area contributed by atoms with E-state index in [9.17, 15) is 4.79 Å². The van der Waals surface area contributed by atoms with Crippen molar-refractivity contribution in [3.63, 3.8) is 0 Å². The average Bonchev–Trinajstić information content (AvgIpc) is 2.89. The van der Waals surface area contributed by atoms with E-state index < -0.39 is 0 Å². The Morgan fingerprint density at radius 1 is 1.20 bits per heavy atom. The number of aromatic nitrogens is 1. The van der Waals surface area contributed by atoms with Crippen molar-refractivity contribution >= 4 is 34.9 Å². The van der Waals surface area contributed by atoms with E-state index in [4.69, 9.17) is 32.7 Å². The number of hydrogen-bond acceptors (Lipinski definition) is 4. The lowest BCUT2D eigenvalue weighted by atomic mass is 10.2. The van der Waals surface area contributed by atoms with Crippen LogP contribution in [0.2, 0.25) is 10.0 Å². The highest BCUT2D eigenvalue weighted by Crippen LogP contribution is 2.32. The van der Waals surface area contributed by atoms with Gasteiger partial charge in [0.25, 0.3) is 5.91 Å². The van der Waals surface area contributed by atoms with Gasteiger partial charge in [0, 0.05) is 11.8 Å². The summed E-state index contributed by atoms with van der Waals surface area (Å²) in [6.45, 7) is 0.158. The van der Waals surface area contributed by atoms with Crippen LogP contribution in [0.1, 0.15) is 10.4 Å². The Morgan fingerprint density at radius 3 is 2.80 bits per heavy atom. The van der Waals surface area contributed by atoms with Gasteiger partial charge in [-0.2, -0.15) is 0 Å². The number of anilines is 1. The number of hydrogen-bond donors (Lipinski definition) is 1. The fourth-order valence-electron chi connectivity index (χ4n) is 1.72. The van der Waals surface area contributed by atoms with Crippen LogP contribution in [0.4, 0.5) is 5.82 Å². The second kappa shape index (κ2) is 5.19. The number of nitrogens with one attached hydrogen (secondary N) is 1. The molecule has 0 fully saturated rings. The van der Waals surface area contributed by atoms with Crippen LogP contribution in [0.3, 0.4) is 0 Å². The molecule has 0 atom stereocenters. The van der Waals surface area contributed by atoms with Gasteiger partial charge in [-0.1, -0.05) is 23.2 Å². The molecule has 0 bridgehead atoms. The lowest BCUT2D eigenvalue weighted by molar-refractivity contribution is 0.102. The zero-order chi connectivity index (χ0) is 14.1. The predicted octanol–water partition coefficient (Wildman–Crippen LogP) is 3.37. The molecule has 102 valence electrons. The number of ether oxygens (including phenoxy) is 2. The highest BCUT2D eigenvalue weighted by molar-refractivity contribution is 6.36. The molecule has 1 aromatic carbocycles. The molecule has 0 aliphatic carbocycles. The van der Waals surface area contributed by atoms with Gasteiger partial charge < -0.3 is 14.8 Å². The van der Waals surface area contributed by atoms with Gasteiger partial charge in [-0.25, -0.2) is 4.98 Å². The molecule has 0 saturated carbocycles. The Kier molecular flexibility index (Phi) is 3.38. The first-order chi connectivity index (χ1) is 9.63. The topological polar surface area (TPSA) is 60.5 Å². The SMILES string of the molecule is O=C(Nc1ncc(Cl)cc1Cl)c1ccc2c(c1)OCO2. The number of fused-ring (bicyclic) bond motifs is 1. The van der Waals surface area contributed by atoms with Crippen molar-refractivity contribution in [2.75, 3.05) is 12.1 Å². The maximum Gasteiger partial charge on any atom is 0.256 e. The Balaban J connectivity index is 1.82. The summed E-state index contributed by atoms with van der Waals surface area (Å²) in [4.78, 5) is 16.1. The zero-order valence-corrected chi connectivity index (χ0v) is 11.5. The number of carbonyl (C=O) groups excluding carboxylic acids is 1. The van der Waals surface area contributed by atoms with Crippen molar-refractivity contribution in [3.8, 4) is 11.5 Å². The van der Waals surface area contributed by atoms with Crippen molar-refractivity contribution < 1.29 is 14.3 Å². The second-order valence-corrected chi connectivity index (χ2v) is 4.85. The summed E-state index contributed by atoms with van der Waals surface area (Å²) in [6, 6.07) is 6.41. The Hall–Kier alpha value is -1.98. The van der Waals surface area contributed by atoms with E-state index in [0.29, 0.717) is 22.1 Å². The first-order valence-corrected chi connectivity index (χ1v) is 6.41. The first kappa shape index (κ1) is 13.0. The lowest BCUT2D eigenvalue weighted by Gasteiger charge is -2.07. The molecule has 1 aromatic heterocycles. The Morgan fingerprint density at radius 2 is 2.00 bits per heavy atom. The van der Waals surface area contributed by atoms with Crippen LogP contribution in [0.5, 0.6) is 11.5 Å². The van der Waals surface area contributed by atoms with E-state index in [0.717, 1.165) is 0 Å². The monoisotopic (exact) mass is 310 g/mol. The van der Waals surface area contributed by atoms with E-state index >= 15 is 0 Å². The van der Waals surface area contributed by atoms with Crippen molar-refractivity contribution in [3.05, 3.63) is 46.1 Å². The minimum absolute atomic E-state index is 0.158. The van der Waals surface area contributed by atoms with Crippen molar-refractivity contribution in [2.24, 2.45) is 0 Å². The number of pyridine rings is 1. The molecule has 0 unspecified atom stereocenters. The molecule has 5 nitrogen and oxygen atoms in total. The van der Waals surface area contributed by atoms with Crippen LogP contribution >= 0.6 is 23.2 Å². The second-order valence-electron chi connectivity index (χ2n) is 4.01. The fourth-order valence-corrected chi connectivity index (χ4v) is 2.15. The largest absolute Gasteiger partial charge is 0.454 e. The molecule has 1 amide bonds. The van der Waals surface area contributed by atoms with Gasteiger partial charge >= 0.3 is 0 Å². The van der Waals surface area contributed by atoms with E-state index in [-0.39, 0.29) is 23.5 Å². The highest BCUT2D eigenvalue weighted by atomic mass is 35.5. The van der Waals surface area contributed by atoms with Gasteiger partial charge in [0.05, 0.1) is 10.0 Å². The van der Waals surface area contributed by atoms with Crippen molar-refractivity contribution in [1.29, 1.82) is 0 Å². The maximum absolute atomic E-state index is 12.1. The van der Waals surface area contributed by atoms with Crippen molar-refractivity contribution in [1.82, 2.24) is 4.98 Å². The smallest absolute Gasteiger partial charge is 0.256 e. The molecule has 0 radical (unpaired) electrons. The maximum atomic E-state index is 12.1. The van der Waals surface area contributed by atoms with Crippen LogP contribution in [-0.4, -0.2) is 17.7 Å². The molecular formula is C13H8Cl2N2O3. The third-order valence-electron chi connectivity index (χ3n) is 2.67. The third-order valence-corrected chi connectivity index (χ3v) is 3.17. The minimum Gasteiger partial charge on any atom is -0.454 e. The van der Waals surface area contributed by atoms with E-state index in [1.165, 1.54) is 12.3 Å². The molecule has 20 heavy (non-hydrogen) atoms. The molecule has 1 aliphatic rings. The van der Waals surface area contributed by atoms with Crippen LogP contribution in [0.25, 0.3) is 0 Å². The molecule has 1 aliphatic heterocycles. The van der Waals surface area contributed by atoms with Gasteiger partial charge in [-0.3, -0.25) is 4.79 Å². The number of carbonyl (C=O) groups is 1. The number of amides is 1. The Bertz CT molecular complexity index is 691. The number of rotatable bonds is 2. The summed E-state index contributed by atoms with van der Waals surface area (Å²) < 4.78 is 10.4. The number of nitrogens with zero attached hydrogens (tertiary/aromatic N) is 1. The highest BCUT2D eigenvalue weighted by Gasteiger charge is 2.17. The van der Waals surface area contributed by atoms with Crippen LogP contribution in [0.15, 0.2) is 30.5 Å². The van der Waals surface area contributed by atoms with Crippen LogP contribution < -0.4 is 14.8 Å². The van der Waals surface area contributed by atoms with E-state index in [1.54, 1.807) is 18.2 Å². The summed E-state index contributed by atoms with van der Waals surface area (Å²) in [5.41, 5.74) is 0.419. The average molecular weight is 311 g/mol. The summed E-state index contributed by atoms with van der Waals surface area (Å²) in [6.07, 6.45) is 1.41. The summed E-state index contributed by atoms with van der Waals surface area (Å²) >= 11 is 11.7. The number of halogens is 2. The lowest BCUT2D eigenvalue weighted by Crippen LogP contribution is -2.13. The fraction of sp³-hybridized carbons (Fsp3) is 0.0769. The van der Waals surface area contributed by atoms with Crippen LogP contribution in [-0.2, 0) is 0 Å². The van der Waals surface area contributed by atoms with Gasteiger partial charge in [0.15, 0.2) is 17.3 Å². The zero-order valence-electron chi connectivity index (χ0n) is 10.0. The van der Waals surface area contributed by atoms with Crippen LogP contribution in [0, 0.1) is 0 Å². The predicted molar refractivity (Wildman–Crippen MR) is 74.8 cm³/mol. The van der Waals surface area contributed by atoms with Gasteiger partial charge in [0.1, 0.15) is 0 Å². The van der Waals surface area contributed by atoms with Gasteiger partial charge in [0.2, 0.25) is 6.79 Å².